The summed E-state index contributed by atoms with van der Waals surface area (Å²) in [4.78, 5) is 12.4. The van der Waals surface area contributed by atoms with Crippen molar-refractivity contribution >= 4 is 48.3 Å². The second-order valence-electron chi connectivity index (χ2n) is 7.70. The average Bonchev–Trinajstić information content (AvgIpc) is 2.79. The minimum absolute atomic E-state index is 0.0568. The molecule has 0 atom stereocenters. The highest BCUT2D eigenvalue weighted by Gasteiger charge is 2.14. The van der Waals surface area contributed by atoms with Crippen molar-refractivity contribution in [3.05, 3.63) is 88.6 Å². The Balaban J connectivity index is 1.47. The van der Waals surface area contributed by atoms with Crippen molar-refractivity contribution in [1.29, 1.82) is 0 Å². The average molecular weight is 559 g/mol. The van der Waals surface area contributed by atoms with Gasteiger partial charge in [0.2, 0.25) is 10.0 Å². The smallest absolute Gasteiger partial charge is 0.262 e. The Labute approximate surface area is 209 Å². The van der Waals surface area contributed by atoms with Gasteiger partial charge in [-0.2, -0.15) is 0 Å². The fourth-order valence-electron chi connectivity index (χ4n) is 3.35. The Morgan fingerprint density at radius 3 is 2.46 bits per heavy atom. The number of anilines is 1. The third kappa shape index (κ3) is 6.16. The zero-order valence-electron chi connectivity index (χ0n) is 18.4. The van der Waals surface area contributed by atoms with Gasteiger partial charge in [0.1, 0.15) is 11.6 Å². The molecule has 0 radical (unpaired) electrons. The van der Waals surface area contributed by atoms with Gasteiger partial charge in [0.15, 0.2) is 18.1 Å². The van der Waals surface area contributed by atoms with Crippen LogP contribution < -0.4 is 19.9 Å². The summed E-state index contributed by atoms with van der Waals surface area (Å²) in [6, 6.07) is 19.1. The molecule has 35 heavy (non-hydrogen) atoms. The second kappa shape index (κ2) is 10.0. The monoisotopic (exact) mass is 558 g/mol. The van der Waals surface area contributed by atoms with E-state index in [9.17, 15) is 17.6 Å². The van der Waals surface area contributed by atoms with Gasteiger partial charge in [-0.1, -0.05) is 28.1 Å². The molecule has 0 aliphatic heterocycles. The van der Waals surface area contributed by atoms with Gasteiger partial charge in [-0.3, -0.25) is 4.79 Å². The molecule has 0 aliphatic carbocycles. The van der Waals surface area contributed by atoms with Crippen LogP contribution in [0.2, 0.25) is 0 Å². The van der Waals surface area contributed by atoms with E-state index in [1.807, 2.05) is 30.3 Å². The number of sulfonamides is 1. The first-order chi connectivity index (χ1) is 16.6. The van der Waals surface area contributed by atoms with Crippen molar-refractivity contribution in [2.24, 2.45) is 5.14 Å². The topological polar surface area (TPSA) is 108 Å². The molecule has 0 bridgehead atoms. The van der Waals surface area contributed by atoms with Crippen LogP contribution in [0.5, 0.6) is 17.2 Å². The number of carbonyl (C=O) groups is 1. The van der Waals surface area contributed by atoms with Gasteiger partial charge in [0.05, 0.1) is 4.90 Å². The van der Waals surface area contributed by atoms with Crippen molar-refractivity contribution in [2.75, 3.05) is 11.9 Å². The maximum absolute atomic E-state index is 13.9. The van der Waals surface area contributed by atoms with Crippen molar-refractivity contribution in [1.82, 2.24) is 0 Å². The van der Waals surface area contributed by atoms with Crippen molar-refractivity contribution in [3.63, 3.8) is 0 Å². The highest BCUT2D eigenvalue weighted by molar-refractivity contribution is 9.10. The lowest BCUT2D eigenvalue weighted by molar-refractivity contribution is -0.118. The molecule has 0 spiro atoms. The van der Waals surface area contributed by atoms with Gasteiger partial charge in [-0.15, -0.1) is 0 Å². The number of ether oxygens (including phenoxy) is 2. The second-order valence-corrected chi connectivity index (χ2v) is 10.2. The van der Waals surface area contributed by atoms with Gasteiger partial charge < -0.3 is 14.8 Å². The van der Waals surface area contributed by atoms with E-state index < -0.39 is 21.7 Å². The van der Waals surface area contributed by atoms with Crippen LogP contribution in [0.3, 0.4) is 0 Å². The lowest BCUT2D eigenvalue weighted by Gasteiger charge is -2.14. The van der Waals surface area contributed by atoms with Crippen LogP contribution in [0.1, 0.15) is 5.56 Å². The van der Waals surface area contributed by atoms with E-state index in [1.165, 1.54) is 36.4 Å². The summed E-state index contributed by atoms with van der Waals surface area (Å²) < 4.78 is 49.3. The molecule has 4 rings (SSSR count). The first-order valence-electron chi connectivity index (χ1n) is 10.3. The van der Waals surface area contributed by atoms with Crippen LogP contribution in [0, 0.1) is 12.7 Å². The fraction of sp³-hybridized carbons (Fsp3) is 0.0800. The van der Waals surface area contributed by atoms with Gasteiger partial charge in [0.25, 0.3) is 5.91 Å². The van der Waals surface area contributed by atoms with E-state index in [2.05, 4.69) is 21.2 Å². The van der Waals surface area contributed by atoms with E-state index in [0.29, 0.717) is 17.0 Å². The minimum Gasteiger partial charge on any atom is -0.480 e. The summed E-state index contributed by atoms with van der Waals surface area (Å²) in [6.45, 7) is 1.25. The number of benzene rings is 4. The number of hydrogen-bond donors (Lipinski definition) is 2. The summed E-state index contributed by atoms with van der Waals surface area (Å²) in [6.07, 6.45) is 0. The van der Waals surface area contributed by atoms with E-state index in [1.54, 1.807) is 13.0 Å². The predicted molar refractivity (Wildman–Crippen MR) is 135 cm³/mol. The number of amides is 1. The normalized spacial score (nSPS) is 11.3. The SMILES string of the molecule is Cc1cc(S(N)(=O)=O)ccc1NC(=O)COc1ccc(F)cc1Oc1ccc2cc(Br)ccc2c1. The Morgan fingerprint density at radius 1 is 0.971 bits per heavy atom. The number of nitrogens with one attached hydrogen (secondary N) is 1. The molecule has 7 nitrogen and oxygen atoms in total. The molecular weight excluding hydrogens is 539 g/mol. The van der Waals surface area contributed by atoms with Crippen LogP contribution >= 0.6 is 15.9 Å². The summed E-state index contributed by atoms with van der Waals surface area (Å²) in [5, 5.41) is 9.72. The first kappa shape index (κ1) is 24.6. The van der Waals surface area contributed by atoms with E-state index in [4.69, 9.17) is 14.6 Å². The van der Waals surface area contributed by atoms with Crippen molar-refractivity contribution in [3.8, 4) is 17.2 Å². The third-order valence-corrected chi connectivity index (χ3v) is 6.47. The minimum atomic E-state index is -3.85. The number of fused-ring (bicyclic) bond motifs is 1. The third-order valence-electron chi connectivity index (χ3n) is 5.07. The Morgan fingerprint density at radius 2 is 1.71 bits per heavy atom. The first-order valence-corrected chi connectivity index (χ1v) is 12.7. The van der Waals surface area contributed by atoms with E-state index in [-0.39, 0.29) is 23.0 Å². The lowest BCUT2D eigenvalue weighted by Crippen LogP contribution is -2.21. The quantitative estimate of drug-likeness (QED) is 0.311. The molecule has 0 aliphatic rings. The zero-order chi connectivity index (χ0) is 25.2. The molecule has 0 unspecified atom stereocenters. The van der Waals surface area contributed by atoms with Gasteiger partial charge in [0, 0.05) is 16.2 Å². The van der Waals surface area contributed by atoms with Gasteiger partial charge in [-0.25, -0.2) is 17.9 Å². The van der Waals surface area contributed by atoms with Crippen LogP contribution in [-0.2, 0) is 14.8 Å². The van der Waals surface area contributed by atoms with Crippen LogP contribution in [0.15, 0.2) is 82.2 Å². The summed E-state index contributed by atoms with van der Waals surface area (Å²) in [7, 11) is -3.85. The van der Waals surface area contributed by atoms with Gasteiger partial charge >= 0.3 is 0 Å². The molecule has 10 heteroatoms. The number of aryl methyl sites for hydroxylation is 1. The molecule has 3 N–H and O–H groups in total. The van der Waals surface area contributed by atoms with E-state index in [0.717, 1.165) is 15.2 Å². The number of nitrogens with two attached hydrogens (primary N) is 1. The van der Waals surface area contributed by atoms with Gasteiger partial charge in [-0.05, 0) is 77.9 Å². The molecule has 1 amide bonds. The number of halogens is 2. The Bertz CT molecular complexity index is 1540. The summed E-state index contributed by atoms with van der Waals surface area (Å²) in [5.74, 6) is -0.248. The molecule has 180 valence electrons. The Kier molecular flexibility index (Phi) is 7.06. The van der Waals surface area contributed by atoms with Crippen molar-refractivity contribution in [2.45, 2.75) is 11.8 Å². The highest BCUT2D eigenvalue weighted by Crippen LogP contribution is 2.34. The largest absolute Gasteiger partial charge is 0.480 e. The van der Waals surface area contributed by atoms with Crippen LogP contribution in [0.25, 0.3) is 10.8 Å². The number of hydrogen-bond acceptors (Lipinski definition) is 5. The summed E-state index contributed by atoms with van der Waals surface area (Å²) in [5.41, 5.74) is 0.920. The predicted octanol–water partition coefficient (Wildman–Crippen LogP) is 5.51. The highest BCUT2D eigenvalue weighted by atomic mass is 79.9. The molecule has 4 aromatic rings. The molecule has 0 heterocycles. The number of primary sulfonamides is 1. The Hall–Kier alpha value is -3.47. The lowest BCUT2D eigenvalue weighted by atomic mass is 10.1. The molecule has 0 fully saturated rings. The standard InChI is InChI=1S/C25H20BrFN2O5S/c1-15-10-21(35(28,31)32)7-8-22(15)29-25(30)14-33-23-9-5-19(27)13-24(23)34-20-6-3-16-11-18(26)4-2-17(16)12-20/h2-13H,14H2,1H3,(H,29,30)(H2,28,31,32). The fourth-order valence-corrected chi connectivity index (χ4v) is 4.33. The molecule has 4 aromatic carbocycles. The van der Waals surface area contributed by atoms with Crippen molar-refractivity contribution < 1.29 is 27.1 Å². The number of rotatable bonds is 7. The zero-order valence-corrected chi connectivity index (χ0v) is 20.8. The molecule has 0 saturated heterocycles. The molecular formula is C25H20BrFN2O5S. The summed E-state index contributed by atoms with van der Waals surface area (Å²) >= 11 is 3.44. The van der Waals surface area contributed by atoms with Crippen LogP contribution in [-0.4, -0.2) is 20.9 Å². The van der Waals surface area contributed by atoms with E-state index >= 15 is 0 Å². The maximum Gasteiger partial charge on any atom is 0.262 e. The number of carbonyl (C=O) groups excluding carboxylic acids is 1. The molecule has 0 aromatic heterocycles. The molecule has 0 saturated carbocycles. The van der Waals surface area contributed by atoms with Crippen LogP contribution in [0.4, 0.5) is 10.1 Å². The maximum atomic E-state index is 13.9.